The molecule has 0 aliphatic rings. The maximum Gasteiger partial charge on any atom is 0.277 e. The summed E-state index contributed by atoms with van der Waals surface area (Å²) in [5.74, 6) is -0.421. The van der Waals surface area contributed by atoms with Crippen molar-refractivity contribution in [3.63, 3.8) is 0 Å². The van der Waals surface area contributed by atoms with Gasteiger partial charge in [-0.25, -0.2) is 0 Å². The fourth-order valence-corrected chi connectivity index (χ4v) is 3.71. The van der Waals surface area contributed by atoms with Gasteiger partial charge in [0.25, 0.3) is 11.6 Å². The molecule has 0 spiro atoms. The summed E-state index contributed by atoms with van der Waals surface area (Å²) in [6, 6.07) is 13.9. The first-order valence-corrected chi connectivity index (χ1v) is 10.3. The molecule has 0 aliphatic heterocycles. The van der Waals surface area contributed by atoms with Gasteiger partial charge in [0.1, 0.15) is 0 Å². The predicted octanol–water partition coefficient (Wildman–Crippen LogP) is 3.99. The van der Waals surface area contributed by atoms with Crippen molar-refractivity contribution in [1.29, 1.82) is 0 Å². The van der Waals surface area contributed by atoms with Crippen LogP contribution in [0.5, 0.6) is 0 Å². The largest absolute Gasteiger partial charge is 0.397 e. The smallest absolute Gasteiger partial charge is 0.277 e. The molecule has 0 radical (unpaired) electrons. The Morgan fingerprint density at radius 3 is 2.84 bits per heavy atom. The Bertz CT molecular complexity index is 1240. The Morgan fingerprint density at radius 2 is 2.06 bits per heavy atom. The van der Waals surface area contributed by atoms with Crippen molar-refractivity contribution in [2.24, 2.45) is 0 Å². The van der Waals surface area contributed by atoms with Gasteiger partial charge in [-0.1, -0.05) is 23.4 Å². The van der Waals surface area contributed by atoms with Crippen LogP contribution in [0.25, 0.3) is 11.1 Å². The summed E-state index contributed by atoms with van der Waals surface area (Å²) in [7, 11) is 0. The van der Waals surface area contributed by atoms with Crippen LogP contribution in [0.4, 0.5) is 17.1 Å². The minimum Gasteiger partial charge on any atom is -0.397 e. The molecule has 4 aromatic rings. The molecule has 0 saturated carbocycles. The number of thiophene rings is 1. The summed E-state index contributed by atoms with van der Waals surface area (Å²) in [5.41, 5.74) is 9.96. The van der Waals surface area contributed by atoms with E-state index in [9.17, 15) is 14.9 Å². The number of aryl methyl sites for hydroxylation is 2. The van der Waals surface area contributed by atoms with E-state index in [0.717, 1.165) is 16.7 Å². The Morgan fingerprint density at radius 1 is 1.19 bits per heavy atom. The van der Waals surface area contributed by atoms with Crippen LogP contribution in [-0.4, -0.2) is 25.8 Å². The first kappa shape index (κ1) is 20.2. The van der Waals surface area contributed by atoms with Gasteiger partial charge >= 0.3 is 0 Å². The fourth-order valence-electron chi connectivity index (χ4n) is 3.04. The van der Waals surface area contributed by atoms with E-state index in [0.29, 0.717) is 24.3 Å². The van der Waals surface area contributed by atoms with Gasteiger partial charge in [-0.3, -0.25) is 19.6 Å². The Kier molecular flexibility index (Phi) is 5.72. The van der Waals surface area contributed by atoms with Gasteiger partial charge in [-0.05, 0) is 52.1 Å². The van der Waals surface area contributed by atoms with Crippen LogP contribution in [-0.2, 0) is 13.0 Å². The number of nitrogens with zero attached hydrogens (tertiary/aromatic N) is 4. The molecule has 10 heteroatoms. The van der Waals surface area contributed by atoms with Gasteiger partial charge in [-0.2, -0.15) is 11.3 Å². The number of anilines is 2. The Hall–Kier alpha value is -4.05. The topological polar surface area (TPSA) is 129 Å². The molecule has 1 amide bonds. The third-order valence-electron chi connectivity index (χ3n) is 4.68. The van der Waals surface area contributed by atoms with Gasteiger partial charge in [-0.15, -0.1) is 5.10 Å². The molecule has 0 unspecified atom stereocenters. The number of aromatic nitrogens is 3. The summed E-state index contributed by atoms with van der Waals surface area (Å²) >= 11 is 1.59. The minimum atomic E-state index is -0.430. The zero-order valence-corrected chi connectivity index (χ0v) is 17.1. The second kappa shape index (κ2) is 8.76. The molecule has 0 aliphatic carbocycles. The lowest BCUT2D eigenvalue weighted by atomic mass is 10.1. The second-order valence-corrected chi connectivity index (χ2v) is 7.59. The molecule has 3 N–H and O–H groups in total. The number of non-ortho nitro benzene ring substituents is 1. The van der Waals surface area contributed by atoms with Crippen LogP contribution in [0, 0.1) is 10.1 Å². The van der Waals surface area contributed by atoms with Crippen molar-refractivity contribution in [1.82, 2.24) is 15.0 Å². The number of nitro groups is 1. The summed E-state index contributed by atoms with van der Waals surface area (Å²) in [4.78, 5) is 23.1. The first-order valence-electron chi connectivity index (χ1n) is 9.36. The number of amides is 1. The molecular formula is C21H18N6O3S. The molecule has 2 heterocycles. The Labute approximate surface area is 181 Å². The standard InChI is InChI=1S/C21H18N6O3S/c22-18-5-4-15(16-7-9-31-13-16)11-19(18)23-21(28)20-12-26(25-24-20)8-6-14-2-1-3-17(10-14)27(29)30/h1-5,7,9-13H,6,8,22H2,(H,23,28). The van der Waals surface area contributed by atoms with Crippen molar-refractivity contribution in [3.05, 3.63) is 86.9 Å². The van der Waals surface area contributed by atoms with Gasteiger partial charge in [0.2, 0.25) is 0 Å². The van der Waals surface area contributed by atoms with Crippen LogP contribution in [0.15, 0.2) is 65.5 Å². The van der Waals surface area contributed by atoms with Crippen LogP contribution >= 0.6 is 11.3 Å². The summed E-state index contributed by atoms with van der Waals surface area (Å²) < 4.78 is 1.53. The Balaban J connectivity index is 1.42. The van der Waals surface area contributed by atoms with E-state index in [-0.39, 0.29) is 11.4 Å². The number of hydrogen-bond acceptors (Lipinski definition) is 7. The van der Waals surface area contributed by atoms with Crippen molar-refractivity contribution in [2.75, 3.05) is 11.1 Å². The highest BCUT2D eigenvalue weighted by Gasteiger charge is 2.14. The number of nitrogens with one attached hydrogen (secondary N) is 1. The minimum absolute atomic E-state index is 0.0402. The molecular weight excluding hydrogens is 416 g/mol. The van der Waals surface area contributed by atoms with Crippen molar-refractivity contribution >= 4 is 34.3 Å². The summed E-state index contributed by atoms with van der Waals surface area (Å²) in [5, 5.41) is 25.6. The highest BCUT2D eigenvalue weighted by atomic mass is 32.1. The van der Waals surface area contributed by atoms with E-state index >= 15 is 0 Å². The molecule has 9 nitrogen and oxygen atoms in total. The van der Waals surface area contributed by atoms with Crippen LogP contribution in [0.1, 0.15) is 16.1 Å². The van der Waals surface area contributed by atoms with E-state index in [1.807, 2.05) is 29.0 Å². The normalized spacial score (nSPS) is 10.7. The molecule has 156 valence electrons. The molecule has 2 aromatic carbocycles. The third kappa shape index (κ3) is 4.75. The second-order valence-electron chi connectivity index (χ2n) is 6.81. The van der Waals surface area contributed by atoms with Crippen molar-refractivity contribution < 1.29 is 9.72 Å². The maximum absolute atomic E-state index is 12.6. The third-order valence-corrected chi connectivity index (χ3v) is 5.36. The van der Waals surface area contributed by atoms with E-state index in [4.69, 9.17) is 5.73 Å². The van der Waals surface area contributed by atoms with Crippen LogP contribution < -0.4 is 11.1 Å². The lowest BCUT2D eigenvalue weighted by Gasteiger charge is -2.09. The number of benzene rings is 2. The van der Waals surface area contributed by atoms with Gasteiger partial charge in [0.15, 0.2) is 5.69 Å². The number of carbonyl (C=O) groups is 1. The molecule has 31 heavy (non-hydrogen) atoms. The van der Waals surface area contributed by atoms with Gasteiger partial charge < -0.3 is 11.1 Å². The fraction of sp³-hybridized carbons (Fsp3) is 0.0952. The van der Waals surface area contributed by atoms with E-state index in [1.54, 1.807) is 29.5 Å². The first-order chi connectivity index (χ1) is 15.0. The number of nitro benzene ring substituents is 1. The van der Waals surface area contributed by atoms with E-state index in [1.165, 1.54) is 23.0 Å². The lowest BCUT2D eigenvalue weighted by molar-refractivity contribution is -0.384. The zero-order chi connectivity index (χ0) is 21.8. The average Bonchev–Trinajstić information content (AvgIpc) is 3.46. The monoisotopic (exact) mass is 434 g/mol. The number of carbonyl (C=O) groups excluding carboxylic acids is 1. The average molecular weight is 434 g/mol. The molecule has 4 rings (SSSR count). The van der Waals surface area contributed by atoms with Crippen LogP contribution in [0.2, 0.25) is 0 Å². The summed E-state index contributed by atoms with van der Waals surface area (Å²) in [6.45, 7) is 0.428. The van der Waals surface area contributed by atoms with Gasteiger partial charge in [0, 0.05) is 18.7 Å². The highest BCUT2D eigenvalue weighted by molar-refractivity contribution is 7.08. The number of hydrogen-bond donors (Lipinski definition) is 2. The number of rotatable bonds is 7. The van der Waals surface area contributed by atoms with Gasteiger partial charge in [0.05, 0.1) is 22.5 Å². The lowest BCUT2D eigenvalue weighted by Crippen LogP contribution is -2.13. The van der Waals surface area contributed by atoms with Crippen molar-refractivity contribution in [2.45, 2.75) is 13.0 Å². The van der Waals surface area contributed by atoms with Crippen molar-refractivity contribution in [3.8, 4) is 11.1 Å². The highest BCUT2D eigenvalue weighted by Crippen LogP contribution is 2.28. The summed E-state index contributed by atoms with van der Waals surface area (Å²) in [6.07, 6.45) is 2.05. The van der Waals surface area contributed by atoms with E-state index < -0.39 is 10.8 Å². The molecule has 0 bridgehead atoms. The number of nitrogens with two attached hydrogens (primary N) is 1. The maximum atomic E-state index is 12.6. The quantitative estimate of drug-likeness (QED) is 0.257. The zero-order valence-electron chi connectivity index (χ0n) is 16.3. The molecule has 0 saturated heterocycles. The van der Waals surface area contributed by atoms with Crippen LogP contribution in [0.3, 0.4) is 0 Å². The molecule has 0 atom stereocenters. The molecule has 0 fully saturated rings. The van der Waals surface area contributed by atoms with E-state index in [2.05, 4.69) is 15.6 Å². The molecule has 2 aromatic heterocycles. The SMILES string of the molecule is Nc1ccc(-c2ccsc2)cc1NC(=O)c1cn(CCc2cccc([N+](=O)[O-])c2)nn1. The predicted molar refractivity (Wildman–Crippen MR) is 119 cm³/mol. The number of nitrogen functional groups attached to an aromatic ring is 1.